The zero-order valence-corrected chi connectivity index (χ0v) is 9.40. The number of benzene rings is 1. The van der Waals surface area contributed by atoms with Gasteiger partial charge in [-0.25, -0.2) is 9.36 Å². The van der Waals surface area contributed by atoms with Gasteiger partial charge in [0.15, 0.2) is 0 Å². The number of hydrogen-bond acceptors (Lipinski definition) is 4. The third-order valence-corrected chi connectivity index (χ3v) is 3.23. The normalized spacial score (nSPS) is 10.8. The van der Waals surface area contributed by atoms with E-state index in [1.807, 2.05) is 6.07 Å². The molecule has 1 aromatic carbocycles. The van der Waals surface area contributed by atoms with Crippen molar-refractivity contribution in [3.8, 4) is 5.69 Å². The molecule has 6 heteroatoms. The number of nitrogens with one attached hydrogen (secondary N) is 1. The zero-order chi connectivity index (χ0) is 11.8. The Balaban J connectivity index is 2.34. The van der Waals surface area contributed by atoms with Crippen molar-refractivity contribution in [3.63, 3.8) is 0 Å². The summed E-state index contributed by atoms with van der Waals surface area (Å²) in [4.78, 5) is 25.7. The van der Waals surface area contributed by atoms with Crippen molar-refractivity contribution in [3.05, 3.63) is 57.5 Å². The van der Waals surface area contributed by atoms with Gasteiger partial charge < -0.3 is 4.98 Å². The van der Waals surface area contributed by atoms with Crippen molar-refractivity contribution in [1.82, 2.24) is 13.9 Å². The minimum absolute atomic E-state index is 0.351. The van der Waals surface area contributed by atoms with E-state index in [1.165, 1.54) is 23.8 Å². The largest absolute Gasteiger partial charge is 0.332 e. The fourth-order valence-corrected chi connectivity index (χ4v) is 2.29. The van der Waals surface area contributed by atoms with Gasteiger partial charge in [-0.3, -0.25) is 4.79 Å². The molecule has 2 aromatic heterocycles. The molecule has 5 nitrogen and oxygen atoms in total. The number of H-pyrrole nitrogens is 1. The standard InChI is InChI=1S/C11H7N3O2S/c15-10-3-4-12-11(16)14(10)8-1-2-9-7(5-8)6-13-17-9/h1-6H,(H,12,16). The molecule has 17 heavy (non-hydrogen) atoms. The first-order valence-corrected chi connectivity index (χ1v) is 5.68. The summed E-state index contributed by atoms with van der Waals surface area (Å²) in [5, 5.41) is 0.919. The van der Waals surface area contributed by atoms with Crippen molar-refractivity contribution in [2.24, 2.45) is 0 Å². The Morgan fingerprint density at radius 3 is 2.94 bits per heavy atom. The third kappa shape index (κ3) is 1.58. The molecular formula is C11H7N3O2S. The van der Waals surface area contributed by atoms with Crippen molar-refractivity contribution < 1.29 is 0 Å². The highest BCUT2D eigenvalue weighted by Gasteiger charge is 2.05. The first-order valence-electron chi connectivity index (χ1n) is 4.91. The number of aromatic nitrogens is 3. The number of hydrogen-bond donors (Lipinski definition) is 1. The maximum absolute atomic E-state index is 11.6. The number of fused-ring (bicyclic) bond motifs is 1. The van der Waals surface area contributed by atoms with Crippen LogP contribution in [0.5, 0.6) is 0 Å². The van der Waals surface area contributed by atoms with Crippen LogP contribution in [0, 0.1) is 0 Å². The van der Waals surface area contributed by atoms with E-state index in [4.69, 9.17) is 0 Å². The molecule has 2 heterocycles. The molecule has 3 aromatic rings. The topological polar surface area (TPSA) is 67.8 Å². The van der Waals surface area contributed by atoms with E-state index in [1.54, 1.807) is 18.3 Å². The second-order valence-electron chi connectivity index (χ2n) is 3.50. The number of rotatable bonds is 1. The number of aromatic amines is 1. The van der Waals surface area contributed by atoms with E-state index >= 15 is 0 Å². The summed E-state index contributed by atoms with van der Waals surface area (Å²) in [5.74, 6) is 0. The molecule has 0 unspecified atom stereocenters. The van der Waals surface area contributed by atoms with Crippen molar-refractivity contribution in [2.45, 2.75) is 0 Å². The monoisotopic (exact) mass is 245 g/mol. The van der Waals surface area contributed by atoms with E-state index in [0.717, 1.165) is 14.7 Å². The van der Waals surface area contributed by atoms with Gasteiger partial charge in [0.05, 0.1) is 10.4 Å². The average Bonchev–Trinajstić information content (AvgIpc) is 2.76. The van der Waals surface area contributed by atoms with Crippen LogP contribution in [-0.4, -0.2) is 13.9 Å². The molecule has 0 saturated heterocycles. The zero-order valence-electron chi connectivity index (χ0n) is 8.58. The molecule has 0 atom stereocenters. The number of nitrogens with zero attached hydrogens (tertiary/aromatic N) is 2. The average molecular weight is 245 g/mol. The molecule has 1 N–H and O–H groups in total. The molecule has 0 aliphatic rings. The molecule has 0 aliphatic heterocycles. The molecule has 84 valence electrons. The Morgan fingerprint density at radius 1 is 1.24 bits per heavy atom. The van der Waals surface area contributed by atoms with Gasteiger partial charge in [-0.1, -0.05) is 0 Å². The van der Waals surface area contributed by atoms with Gasteiger partial charge >= 0.3 is 5.69 Å². The van der Waals surface area contributed by atoms with Crippen LogP contribution >= 0.6 is 11.5 Å². The fraction of sp³-hybridized carbons (Fsp3) is 0. The van der Waals surface area contributed by atoms with E-state index in [2.05, 4.69) is 9.36 Å². The third-order valence-electron chi connectivity index (χ3n) is 2.45. The lowest BCUT2D eigenvalue weighted by Crippen LogP contribution is -2.32. The van der Waals surface area contributed by atoms with Gasteiger partial charge in [0, 0.05) is 23.8 Å². The minimum atomic E-state index is -0.444. The molecule has 0 radical (unpaired) electrons. The van der Waals surface area contributed by atoms with E-state index in [9.17, 15) is 9.59 Å². The summed E-state index contributed by atoms with van der Waals surface area (Å²) in [7, 11) is 0. The van der Waals surface area contributed by atoms with Crippen LogP contribution in [0.4, 0.5) is 0 Å². The van der Waals surface area contributed by atoms with Crippen LogP contribution in [-0.2, 0) is 0 Å². The van der Waals surface area contributed by atoms with Gasteiger partial charge in [0.2, 0.25) is 0 Å². The van der Waals surface area contributed by atoms with Gasteiger partial charge in [-0.15, -0.1) is 0 Å². The van der Waals surface area contributed by atoms with Crippen LogP contribution in [0.3, 0.4) is 0 Å². The predicted octanol–water partition coefficient (Wildman–Crippen LogP) is 1.14. The van der Waals surface area contributed by atoms with Gasteiger partial charge in [-0.2, -0.15) is 4.37 Å². The van der Waals surface area contributed by atoms with Crippen molar-refractivity contribution in [2.75, 3.05) is 0 Å². The van der Waals surface area contributed by atoms with E-state index < -0.39 is 5.69 Å². The summed E-state index contributed by atoms with van der Waals surface area (Å²) in [6.07, 6.45) is 3.05. The predicted molar refractivity (Wildman–Crippen MR) is 65.8 cm³/mol. The molecule has 0 amide bonds. The lowest BCUT2D eigenvalue weighted by molar-refractivity contribution is 0.877. The van der Waals surface area contributed by atoms with E-state index in [-0.39, 0.29) is 5.56 Å². The highest BCUT2D eigenvalue weighted by atomic mass is 32.1. The van der Waals surface area contributed by atoms with Crippen LogP contribution in [0.2, 0.25) is 0 Å². The molecule has 0 spiro atoms. The fourth-order valence-electron chi connectivity index (χ4n) is 1.67. The summed E-state index contributed by atoms with van der Waals surface area (Å²) in [6, 6.07) is 6.67. The SMILES string of the molecule is O=c1cc[nH]c(=O)n1-c1ccc2sncc2c1. The lowest BCUT2D eigenvalue weighted by Gasteiger charge is -2.02. The maximum atomic E-state index is 11.6. The molecule has 0 bridgehead atoms. The van der Waals surface area contributed by atoms with Crippen LogP contribution in [0.1, 0.15) is 0 Å². The van der Waals surface area contributed by atoms with Crippen LogP contribution < -0.4 is 11.2 Å². The van der Waals surface area contributed by atoms with Gasteiger partial charge in [0.25, 0.3) is 5.56 Å². The van der Waals surface area contributed by atoms with Gasteiger partial charge in [0.1, 0.15) is 0 Å². The molecule has 0 aliphatic carbocycles. The molecular weight excluding hydrogens is 238 g/mol. The lowest BCUT2D eigenvalue weighted by atomic mass is 10.2. The second kappa shape index (κ2) is 3.67. The van der Waals surface area contributed by atoms with Crippen molar-refractivity contribution >= 4 is 21.6 Å². The first-order chi connectivity index (χ1) is 8.25. The first kappa shape index (κ1) is 9.98. The Bertz CT molecular complexity index is 772. The van der Waals surface area contributed by atoms with Crippen LogP contribution in [0.25, 0.3) is 15.8 Å². The van der Waals surface area contributed by atoms with Gasteiger partial charge in [-0.05, 0) is 29.7 Å². The minimum Gasteiger partial charge on any atom is -0.314 e. The van der Waals surface area contributed by atoms with Crippen molar-refractivity contribution in [1.29, 1.82) is 0 Å². The Morgan fingerprint density at radius 2 is 2.12 bits per heavy atom. The molecule has 3 rings (SSSR count). The summed E-state index contributed by atoms with van der Waals surface area (Å²) in [6.45, 7) is 0. The Kier molecular flexibility index (Phi) is 2.15. The summed E-state index contributed by atoms with van der Waals surface area (Å²) >= 11 is 1.38. The molecule has 0 fully saturated rings. The highest BCUT2D eigenvalue weighted by Crippen LogP contribution is 2.19. The summed E-state index contributed by atoms with van der Waals surface area (Å²) in [5.41, 5.74) is -0.249. The molecule has 0 saturated carbocycles. The van der Waals surface area contributed by atoms with E-state index in [0.29, 0.717) is 5.69 Å². The maximum Gasteiger partial charge on any atom is 0.332 e. The second-order valence-corrected chi connectivity index (χ2v) is 4.34. The Labute approximate surface area is 99.1 Å². The summed E-state index contributed by atoms with van der Waals surface area (Å²) < 4.78 is 6.17. The highest BCUT2D eigenvalue weighted by molar-refractivity contribution is 7.13. The quantitative estimate of drug-likeness (QED) is 0.699. The Hall–Kier alpha value is -2.21. The smallest absolute Gasteiger partial charge is 0.314 e. The van der Waals surface area contributed by atoms with Crippen LogP contribution in [0.15, 0.2) is 46.2 Å².